The van der Waals surface area contributed by atoms with Crippen LogP contribution in [0.1, 0.15) is 10.4 Å². The molecule has 0 bridgehead atoms. The largest absolute Gasteiger partial charge is 0.477 e. The Labute approximate surface area is 116 Å². The van der Waals surface area contributed by atoms with E-state index < -0.39 is 23.5 Å². The number of ether oxygens (including phenoxy) is 1. The van der Waals surface area contributed by atoms with Crippen LogP contribution in [0.3, 0.4) is 0 Å². The van der Waals surface area contributed by atoms with Crippen LogP contribution in [-0.4, -0.2) is 35.2 Å². The van der Waals surface area contributed by atoms with E-state index in [2.05, 4.69) is 10.1 Å². The number of nitrogens with one attached hydrogen (secondary N) is 1. The van der Waals surface area contributed by atoms with E-state index in [0.717, 1.165) is 17.5 Å². The molecule has 0 aromatic carbocycles. The number of anilines is 1. The van der Waals surface area contributed by atoms with E-state index in [-0.39, 0.29) is 14.9 Å². The van der Waals surface area contributed by atoms with E-state index in [9.17, 15) is 14.4 Å². The average Bonchev–Trinajstić information content (AvgIpc) is 2.69. The lowest BCUT2D eigenvalue weighted by Crippen LogP contribution is -2.13. The second kappa shape index (κ2) is 6.21. The zero-order valence-corrected chi connectivity index (χ0v) is 11.0. The predicted octanol–water partition coefficient (Wildman–Crippen LogP) is 1.65. The number of esters is 1. The Morgan fingerprint density at radius 2 is 1.95 bits per heavy atom. The third kappa shape index (κ3) is 3.70. The molecule has 19 heavy (non-hydrogen) atoms. The molecular formula is C10H8ClNO6S. The summed E-state index contributed by atoms with van der Waals surface area (Å²) >= 11 is 6.67. The monoisotopic (exact) mass is 305 g/mol. The Hall–Kier alpha value is -2.06. The molecule has 0 saturated heterocycles. The van der Waals surface area contributed by atoms with Gasteiger partial charge in [0.15, 0.2) is 5.57 Å². The summed E-state index contributed by atoms with van der Waals surface area (Å²) < 4.78 is 4.77. The molecule has 0 amide bonds. The second-order valence-corrected chi connectivity index (χ2v) is 4.78. The van der Waals surface area contributed by atoms with Gasteiger partial charge in [-0.1, -0.05) is 11.6 Å². The smallest absolute Gasteiger partial charge is 0.344 e. The summed E-state index contributed by atoms with van der Waals surface area (Å²) in [6, 6.07) is 1.33. The van der Waals surface area contributed by atoms with Crippen molar-refractivity contribution in [1.82, 2.24) is 0 Å². The molecule has 1 rings (SSSR count). The fraction of sp³-hybridized carbons (Fsp3) is 0.100. The first-order valence-electron chi connectivity index (χ1n) is 4.67. The van der Waals surface area contributed by atoms with Crippen LogP contribution in [0.25, 0.3) is 0 Å². The van der Waals surface area contributed by atoms with Crippen molar-refractivity contribution in [3.8, 4) is 0 Å². The van der Waals surface area contributed by atoms with Gasteiger partial charge in [-0.3, -0.25) is 0 Å². The minimum absolute atomic E-state index is 0.0869. The van der Waals surface area contributed by atoms with Crippen LogP contribution in [0, 0.1) is 0 Å². The van der Waals surface area contributed by atoms with Gasteiger partial charge in [-0.15, -0.1) is 11.3 Å². The van der Waals surface area contributed by atoms with Crippen molar-refractivity contribution in [3.63, 3.8) is 0 Å². The zero-order valence-electron chi connectivity index (χ0n) is 9.47. The SMILES string of the molecule is COC(=O)c1cc(Cl)sc1NC=C(C(=O)O)C(=O)O. The average molecular weight is 306 g/mol. The molecule has 0 aliphatic carbocycles. The fourth-order valence-corrected chi connectivity index (χ4v) is 2.16. The van der Waals surface area contributed by atoms with E-state index in [1.807, 2.05) is 0 Å². The highest BCUT2D eigenvalue weighted by atomic mass is 35.5. The molecule has 0 spiro atoms. The topological polar surface area (TPSA) is 113 Å². The lowest BCUT2D eigenvalue weighted by Gasteiger charge is -2.02. The molecule has 0 radical (unpaired) electrons. The molecule has 0 saturated carbocycles. The molecular weight excluding hydrogens is 298 g/mol. The molecule has 0 fully saturated rings. The van der Waals surface area contributed by atoms with E-state index in [0.29, 0.717) is 0 Å². The van der Waals surface area contributed by atoms with E-state index in [1.165, 1.54) is 13.2 Å². The third-order valence-electron chi connectivity index (χ3n) is 1.92. The molecule has 0 atom stereocenters. The number of carboxylic acids is 2. The van der Waals surface area contributed by atoms with Crippen LogP contribution in [0.2, 0.25) is 4.34 Å². The van der Waals surface area contributed by atoms with Crippen LogP contribution in [-0.2, 0) is 14.3 Å². The molecule has 3 N–H and O–H groups in total. The molecule has 9 heteroatoms. The van der Waals surface area contributed by atoms with Gasteiger partial charge in [-0.25, -0.2) is 14.4 Å². The van der Waals surface area contributed by atoms with Gasteiger partial charge in [-0.2, -0.15) is 0 Å². The summed E-state index contributed by atoms with van der Waals surface area (Å²) in [5.74, 6) is -3.89. The highest BCUT2D eigenvalue weighted by Gasteiger charge is 2.18. The number of hydrogen-bond acceptors (Lipinski definition) is 6. The van der Waals surface area contributed by atoms with Gasteiger partial charge in [0.2, 0.25) is 0 Å². The van der Waals surface area contributed by atoms with E-state index in [4.69, 9.17) is 21.8 Å². The number of carbonyl (C=O) groups excluding carboxylic acids is 1. The molecule has 1 aromatic rings. The predicted molar refractivity (Wildman–Crippen MR) is 67.6 cm³/mol. The molecule has 0 aliphatic rings. The van der Waals surface area contributed by atoms with Gasteiger partial charge >= 0.3 is 17.9 Å². The summed E-state index contributed by atoms with van der Waals surface area (Å²) in [6.45, 7) is 0. The van der Waals surface area contributed by atoms with Crippen molar-refractivity contribution in [1.29, 1.82) is 0 Å². The Bertz CT molecular complexity index is 548. The first kappa shape index (κ1) is 15.0. The number of thiophene rings is 1. The second-order valence-electron chi connectivity index (χ2n) is 3.10. The van der Waals surface area contributed by atoms with Gasteiger partial charge < -0.3 is 20.3 Å². The maximum Gasteiger partial charge on any atom is 0.344 e. The summed E-state index contributed by atoms with van der Waals surface area (Å²) in [6.07, 6.45) is 0.763. The number of halogens is 1. The number of methoxy groups -OCH3 is 1. The van der Waals surface area contributed by atoms with Crippen molar-refractivity contribution in [2.24, 2.45) is 0 Å². The maximum atomic E-state index is 11.4. The van der Waals surface area contributed by atoms with E-state index >= 15 is 0 Å². The third-order valence-corrected chi connectivity index (χ3v) is 3.11. The van der Waals surface area contributed by atoms with Gasteiger partial charge in [0, 0.05) is 6.20 Å². The minimum Gasteiger partial charge on any atom is -0.477 e. The van der Waals surface area contributed by atoms with Crippen LogP contribution >= 0.6 is 22.9 Å². The summed E-state index contributed by atoms with van der Waals surface area (Å²) in [5.41, 5.74) is -0.788. The Balaban J connectivity index is 3.06. The van der Waals surface area contributed by atoms with Gasteiger partial charge in [-0.05, 0) is 6.07 Å². The van der Waals surface area contributed by atoms with Crippen molar-refractivity contribution in [3.05, 3.63) is 27.7 Å². The highest BCUT2D eigenvalue weighted by Crippen LogP contribution is 2.32. The van der Waals surface area contributed by atoms with E-state index in [1.54, 1.807) is 0 Å². The molecule has 102 valence electrons. The fourth-order valence-electron chi connectivity index (χ4n) is 1.08. The van der Waals surface area contributed by atoms with Crippen molar-refractivity contribution < 1.29 is 29.3 Å². The van der Waals surface area contributed by atoms with Crippen molar-refractivity contribution in [2.45, 2.75) is 0 Å². The van der Waals surface area contributed by atoms with Crippen molar-refractivity contribution >= 4 is 45.8 Å². The molecule has 0 unspecified atom stereocenters. The van der Waals surface area contributed by atoms with Crippen LogP contribution in [0.4, 0.5) is 5.00 Å². The van der Waals surface area contributed by atoms with Gasteiger partial charge in [0.05, 0.1) is 17.0 Å². The molecule has 0 aliphatic heterocycles. The highest BCUT2D eigenvalue weighted by molar-refractivity contribution is 7.20. The number of rotatable bonds is 5. The first-order chi connectivity index (χ1) is 8.86. The lowest BCUT2D eigenvalue weighted by molar-refractivity contribution is -0.140. The normalized spacial score (nSPS) is 9.58. The summed E-state index contributed by atoms with van der Waals surface area (Å²) in [5, 5.41) is 19.9. The number of carbonyl (C=O) groups is 3. The maximum absolute atomic E-state index is 11.4. The van der Waals surface area contributed by atoms with Gasteiger partial charge in [0.25, 0.3) is 0 Å². The first-order valence-corrected chi connectivity index (χ1v) is 5.87. The Morgan fingerprint density at radius 3 is 2.42 bits per heavy atom. The van der Waals surface area contributed by atoms with Crippen LogP contribution < -0.4 is 5.32 Å². The summed E-state index contributed by atoms with van der Waals surface area (Å²) in [7, 11) is 1.17. The van der Waals surface area contributed by atoms with Crippen LogP contribution in [0.15, 0.2) is 17.8 Å². The van der Waals surface area contributed by atoms with Crippen LogP contribution in [0.5, 0.6) is 0 Å². The minimum atomic E-state index is -1.61. The Morgan fingerprint density at radius 1 is 1.37 bits per heavy atom. The Kier molecular flexibility index (Phi) is 4.90. The molecule has 1 heterocycles. The lowest BCUT2D eigenvalue weighted by atomic mass is 10.3. The van der Waals surface area contributed by atoms with Gasteiger partial charge in [0.1, 0.15) is 5.00 Å². The number of aliphatic carboxylic acids is 2. The quantitative estimate of drug-likeness (QED) is 0.328. The van der Waals surface area contributed by atoms with Crippen molar-refractivity contribution in [2.75, 3.05) is 12.4 Å². The standard InChI is InChI=1S/C10H8ClNO6S/c1-18-10(17)4-2-6(11)19-7(4)12-3-5(8(13)14)9(15)16/h2-3,12H,1H3,(H,13,14)(H,15,16). The summed E-state index contributed by atoms with van der Waals surface area (Å²) in [4.78, 5) is 32.7. The number of hydrogen-bond donors (Lipinski definition) is 3. The number of carboxylic acid groups (broad SMARTS) is 2. The molecule has 7 nitrogen and oxygen atoms in total. The zero-order chi connectivity index (χ0) is 14.6. The molecule has 1 aromatic heterocycles.